The molecule has 7 nitrogen and oxygen atoms in total. The van der Waals surface area contributed by atoms with Crippen LogP contribution in [-0.2, 0) is 14.8 Å². The fourth-order valence-electron chi connectivity index (χ4n) is 2.42. The van der Waals surface area contributed by atoms with Gasteiger partial charge in [-0.05, 0) is 37.8 Å². The molecule has 118 valence electrons. The summed E-state index contributed by atoms with van der Waals surface area (Å²) in [6.07, 6.45) is 1.67. The first kappa shape index (κ1) is 16.0. The van der Waals surface area contributed by atoms with E-state index >= 15 is 0 Å². The van der Waals surface area contributed by atoms with Crippen molar-refractivity contribution in [2.45, 2.75) is 30.9 Å². The predicted molar refractivity (Wildman–Crippen MR) is 75.2 cm³/mol. The Hall–Kier alpha value is -1.38. The molecule has 0 amide bonds. The van der Waals surface area contributed by atoms with Gasteiger partial charge in [0.05, 0.1) is 7.11 Å². The van der Waals surface area contributed by atoms with Crippen molar-refractivity contribution in [3.05, 3.63) is 17.9 Å². The van der Waals surface area contributed by atoms with Crippen LogP contribution in [0, 0.1) is 5.92 Å². The van der Waals surface area contributed by atoms with Gasteiger partial charge in [0.15, 0.2) is 0 Å². The van der Waals surface area contributed by atoms with E-state index in [1.54, 1.807) is 0 Å². The van der Waals surface area contributed by atoms with Gasteiger partial charge in [-0.25, -0.2) is 13.2 Å². The van der Waals surface area contributed by atoms with Crippen molar-refractivity contribution in [1.82, 2.24) is 4.31 Å². The quantitative estimate of drug-likeness (QED) is 0.825. The van der Waals surface area contributed by atoms with Crippen molar-refractivity contribution in [2.24, 2.45) is 11.7 Å². The van der Waals surface area contributed by atoms with E-state index in [0.29, 0.717) is 13.1 Å². The minimum atomic E-state index is -3.75. The molecular weight excluding hydrogens is 296 g/mol. The topological polar surface area (TPSA) is 103 Å². The third-order valence-electron chi connectivity index (χ3n) is 3.73. The van der Waals surface area contributed by atoms with Gasteiger partial charge in [-0.15, -0.1) is 0 Å². The van der Waals surface area contributed by atoms with Crippen LogP contribution in [-0.4, -0.2) is 44.9 Å². The van der Waals surface area contributed by atoms with Crippen molar-refractivity contribution < 1.29 is 22.4 Å². The van der Waals surface area contributed by atoms with Crippen LogP contribution in [0.2, 0.25) is 0 Å². The number of esters is 1. The van der Waals surface area contributed by atoms with Crippen LogP contribution in [0.3, 0.4) is 0 Å². The Morgan fingerprint density at radius 2 is 2.24 bits per heavy atom. The zero-order chi connectivity index (χ0) is 15.6. The Labute approximate surface area is 124 Å². The van der Waals surface area contributed by atoms with Crippen molar-refractivity contribution in [3.63, 3.8) is 0 Å². The highest BCUT2D eigenvalue weighted by Gasteiger charge is 2.34. The smallest absolute Gasteiger partial charge is 0.374 e. The van der Waals surface area contributed by atoms with Gasteiger partial charge in [-0.3, -0.25) is 0 Å². The molecule has 1 aromatic rings. The highest BCUT2D eigenvalue weighted by atomic mass is 32.2. The molecule has 1 saturated heterocycles. The van der Waals surface area contributed by atoms with Gasteiger partial charge in [0.25, 0.3) is 10.0 Å². The third-order valence-corrected chi connectivity index (χ3v) is 5.47. The number of piperidine rings is 1. The summed E-state index contributed by atoms with van der Waals surface area (Å²) < 4.78 is 36.0. The molecule has 2 rings (SSSR count). The number of nitrogens with two attached hydrogens (primary N) is 1. The molecule has 0 bridgehead atoms. The molecule has 0 aliphatic carbocycles. The van der Waals surface area contributed by atoms with Crippen molar-refractivity contribution in [1.29, 1.82) is 0 Å². The Bertz CT molecular complexity index is 608. The largest absolute Gasteiger partial charge is 0.463 e. The lowest BCUT2D eigenvalue weighted by Gasteiger charge is -2.33. The summed E-state index contributed by atoms with van der Waals surface area (Å²) in [4.78, 5) is 11.3. The molecule has 2 atom stereocenters. The zero-order valence-electron chi connectivity index (χ0n) is 12.1. The van der Waals surface area contributed by atoms with E-state index in [4.69, 9.17) is 10.2 Å². The SMILES string of the molecule is COC(=O)c1ccc(S(=O)(=O)N2CCCC(C(C)N)C2)o1. The van der Waals surface area contributed by atoms with Gasteiger partial charge in [0, 0.05) is 19.1 Å². The minimum Gasteiger partial charge on any atom is -0.463 e. The van der Waals surface area contributed by atoms with Crippen molar-refractivity contribution in [2.75, 3.05) is 20.2 Å². The summed E-state index contributed by atoms with van der Waals surface area (Å²) in [7, 11) is -2.54. The number of carbonyl (C=O) groups is 1. The molecule has 2 heterocycles. The number of hydrogen-bond acceptors (Lipinski definition) is 6. The Morgan fingerprint density at radius 3 is 2.86 bits per heavy atom. The van der Waals surface area contributed by atoms with Crippen molar-refractivity contribution in [3.8, 4) is 0 Å². The lowest BCUT2D eigenvalue weighted by Crippen LogP contribution is -2.44. The molecule has 1 fully saturated rings. The standard InChI is InChI=1S/C13H20N2O5S/c1-9(14)10-4-3-7-15(8-10)21(17,18)12-6-5-11(20-12)13(16)19-2/h5-6,9-10H,3-4,7-8,14H2,1-2H3. The highest BCUT2D eigenvalue weighted by Crippen LogP contribution is 2.26. The molecule has 21 heavy (non-hydrogen) atoms. The molecule has 2 unspecified atom stereocenters. The van der Waals surface area contributed by atoms with E-state index in [1.165, 1.54) is 23.5 Å². The van der Waals surface area contributed by atoms with E-state index in [-0.39, 0.29) is 22.8 Å². The Balaban J connectivity index is 2.21. The van der Waals surface area contributed by atoms with Crippen LogP contribution in [0.4, 0.5) is 0 Å². The molecule has 1 aliphatic rings. The average Bonchev–Trinajstić information content (AvgIpc) is 2.97. The van der Waals surface area contributed by atoms with Crippen LogP contribution in [0.25, 0.3) is 0 Å². The zero-order valence-corrected chi connectivity index (χ0v) is 12.9. The molecule has 1 aromatic heterocycles. The average molecular weight is 316 g/mol. The van der Waals surface area contributed by atoms with Gasteiger partial charge < -0.3 is 14.9 Å². The predicted octanol–water partition coefficient (Wildman–Crippen LogP) is 0.814. The van der Waals surface area contributed by atoms with Gasteiger partial charge in [0.1, 0.15) is 0 Å². The number of nitrogens with zero attached hydrogens (tertiary/aromatic N) is 1. The Kier molecular flexibility index (Phi) is 4.70. The molecule has 1 aliphatic heterocycles. The summed E-state index contributed by atoms with van der Waals surface area (Å²) in [6, 6.07) is 2.51. The fraction of sp³-hybridized carbons (Fsp3) is 0.615. The normalized spacial score (nSPS) is 22.0. The van der Waals surface area contributed by atoms with E-state index in [1.807, 2.05) is 6.92 Å². The number of rotatable bonds is 4. The first-order valence-electron chi connectivity index (χ1n) is 6.80. The lowest BCUT2D eigenvalue weighted by molar-refractivity contribution is 0.0558. The van der Waals surface area contributed by atoms with Gasteiger partial charge in [-0.1, -0.05) is 0 Å². The number of methoxy groups -OCH3 is 1. The number of hydrogen-bond donors (Lipinski definition) is 1. The molecular formula is C13H20N2O5S. The summed E-state index contributed by atoms with van der Waals surface area (Å²) in [5.41, 5.74) is 5.87. The number of ether oxygens (including phenoxy) is 1. The van der Waals surface area contributed by atoms with Gasteiger partial charge >= 0.3 is 5.97 Å². The summed E-state index contributed by atoms with van der Waals surface area (Å²) in [6.45, 7) is 2.68. The van der Waals surface area contributed by atoms with E-state index in [9.17, 15) is 13.2 Å². The van der Waals surface area contributed by atoms with E-state index in [0.717, 1.165) is 12.8 Å². The monoisotopic (exact) mass is 316 g/mol. The van der Waals surface area contributed by atoms with Gasteiger partial charge in [-0.2, -0.15) is 4.31 Å². The van der Waals surface area contributed by atoms with Crippen LogP contribution in [0.5, 0.6) is 0 Å². The maximum atomic E-state index is 12.5. The minimum absolute atomic E-state index is 0.0646. The van der Waals surface area contributed by atoms with Gasteiger partial charge in [0.2, 0.25) is 10.9 Å². The van der Waals surface area contributed by atoms with Crippen molar-refractivity contribution >= 4 is 16.0 Å². The highest BCUT2D eigenvalue weighted by molar-refractivity contribution is 7.89. The molecule has 0 radical (unpaired) electrons. The Morgan fingerprint density at radius 1 is 1.52 bits per heavy atom. The molecule has 0 spiro atoms. The first-order valence-corrected chi connectivity index (χ1v) is 8.24. The summed E-state index contributed by atoms with van der Waals surface area (Å²) in [5, 5.41) is -0.242. The summed E-state index contributed by atoms with van der Waals surface area (Å²) >= 11 is 0. The number of carbonyl (C=O) groups excluding carboxylic acids is 1. The lowest BCUT2D eigenvalue weighted by atomic mass is 9.93. The maximum absolute atomic E-state index is 12.5. The molecule has 8 heteroatoms. The first-order chi connectivity index (χ1) is 9.86. The van der Waals surface area contributed by atoms with Crippen LogP contribution < -0.4 is 5.73 Å². The number of furan rings is 1. The van der Waals surface area contributed by atoms with E-state index in [2.05, 4.69) is 4.74 Å². The van der Waals surface area contributed by atoms with Crippen LogP contribution in [0.15, 0.2) is 21.6 Å². The third kappa shape index (κ3) is 3.28. The fourth-order valence-corrected chi connectivity index (χ4v) is 3.86. The number of sulfonamides is 1. The second-order valence-corrected chi connectivity index (χ2v) is 7.10. The molecule has 2 N–H and O–H groups in total. The maximum Gasteiger partial charge on any atom is 0.374 e. The molecule has 0 saturated carbocycles. The van der Waals surface area contributed by atoms with Crippen LogP contribution >= 0.6 is 0 Å². The summed E-state index contributed by atoms with van der Waals surface area (Å²) in [5.74, 6) is -0.705. The second-order valence-electron chi connectivity index (χ2n) is 5.23. The van der Waals surface area contributed by atoms with Crippen LogP contribution in [0.1, 0.15) is 30.3 Å². The van der Waals surface area contributed by atoms with E-state index < -0.39 is 16.0 Å². The molecule has 0 aromatic carbocycles. The second kappa shape index (κ2) is 6.17.